The Morgan fingerprint density at radius 3 is 2.44 bits per heavy atom. The highest BCUT2D eigenvalue weighted by Crippen LogP contribution is 2.41. The van der Waals surface area contributed by atoms with E-state index in [4.69, 9.17) is 23.2 Å². The maximum atomic E-state index is 10.8. The molecule has 1 aliphatic rings. The lowest BCUT2D eigenvalue weighted by Crippen LogP contribution is -2.18. The molecule has 1 aromatic rings. The van der Waals surface area contributed by atoms with E-state index in [1.165, 1.54) is 12.1 Å². The highest BCUT2D eigenvalue weighted by atomic mass is 35.5. The van der Waals surface area contributed by atoms with Crippen LogP contribution in [0, 0.1) is 10.1 Å². The molecule has 0 unspecified atom stereocenters. The molecule has 0 N–H and O–H groups in total. The first kappa shape index (κ1) is 11.5. The summed E-state index contributed by atoms with van der Waals surface area (Å²) < 4.78 is 0. The molecule has 16 heavy (non-hydrogen) atoms. The lowest BCUT2D eigenvalue weighted by atomic mass is 10.2. The van der Waals surface area contributed by atoms with Gasteiger partial charge in [0.15, 0.2) is 0 Å². The maximum absolute atomic E-state index is 10.8. The van der Waals surface area contributed by atoms with Crippen molar-refractivity contribution in [1.29, 1.82) is 0 Å². The molecule has 0 amide bonds. The zero-order valence-corrected chi connectivity index (χ0v) is 9.96. The van der Waals surface area contributed by atoms with Gasteiger partial charge >= 0.3 is 0 Å². The average Bonchev–Trinajstić information content (AvgIpc) is 2.70. The topological polar surface area (TPSA) is 46.4 Å². The predicted molar refractivity (Wildman–Crippen MR) is 64.6 cm³/mol. The summed E-state index contributed by atoms with van der Waals surface area (Å²) in [7, 11) is 0. The number of halogens is 2. The van der Waals surface area contributed by atoms with Gasteiger partial charge in [0.25, 0.3) is 5.69 Å². The minimum atomic E-state index is -0.488. The molecule has 0 bridgehead atoms. The Kier molecular flexibility index (Phi) is 3.21. The molecule has 86 valence electrons. The summed E-state index contributed by atoms with van der Waals surface area (Å²) >= 11 is 12.1. The lowest BCUT2D eigenvalue weighted by molar-refractivity contribution is -0.384. The van der Waals surface area contributed by atoms with Crippen molar-refractivity contribution in [1.82, 2.24) is 0 Å². The standard InChI is InChI=1S/C10H10Cl2N2O2/c11-7-3-4-8(14(15)16)9(12)10(7)13-5-1-2-6-13/h3-4H,1-2,5-6H2. The fourth-order valence-electron chi connectivity index (χ4n) is 1.90. The molecule has 1 aliphatic heterocycles. The summed E-state index contributed by atoms with van der Waals surface area (Å²) in [6, 6.07) is 2.86. The molecule has 0 aromatic heterocycles. The second-order valence-corrected chi connectivity index (χ2v) is 4.47. The van der Waals surface area contributed by atoms with Crippen molar-refractivity contribution in [3.05, 3.63) is 32.3 Å². The van der Waals surface area contributed by atoms with Gasteiger partial charge in [0.05, 0.1) is 15.6 Å². The zero-order chi connectivity index (χ0) is 11.7. The number of hydrogen-bond donors (Lipinski definition) is 0. The average molecular weight is 261 g/mol. The van der Waals surface area contributed by atoms with Gasteiger partial charge in [-0.3, -0.25) is 10.1 Å². The van der Waals surface area contributed by atoms with Crippen molar-refractivity contribution < 1.29 is 4.92 Å². The zero-order valence-electron chi connectivity index (χ0n) is 8.45. The number of nitro benzene ring substituents is 1. The van der Waals surface area contributed by atoms with Gasteiger partial charge in [0, 0.05) is 19.2 Å². The Morgan fingerprint density at radius 2 is 1.88 bits per heavy atom. The van der Waals surface area contributed by atoms with Gasteiger partial charge in [0.2, 0.25) is 0 Å². The molecule has 2 rings (SSSR count). The van der Waals surface area contributed by atoms with Gasteiger partial charge in [0.1, 0.15) is 5.02 Å². The van der Waals surface area contributed by atoms with Crippen molar-refractivity contribution >= 4 is 34.6 Å². The number of rotatable bonds is 2. The van der Waals surface area contributed by atoms with E-state index in [1.807, 2.05) is 4.90 Å². The van der Waals surface area contributed by atoms with Crippen molar-refractivity contribution in [2.24, 2.45) is 0 Å². The molecule has 0 aliphatic carbocycles. The van der Waals surface area contributed by atoms with Gasteiger partial charge in [-0.1, -0.05) is 23.2 Å². The Balaban J connectivity index is 2.49. The molecule has 0 atom stereocenters. The molecule has 0 saturated carbocycles. The molecule has 1 aromatic carbocycles. The van der Waals surface area contributed by atoms with Crippen molar-refractivity contribution in [2.75, 3.05) is 18.0 Å². The SMILES string of the molecule is O=[N+]([O-])c1ccc(Cl)c(N2CCCC2)c1Cl. The summed E-state index contributed by atoms with van der Waals surface area (Å²) in [5.41, 5.74) is 0.503. The first-order chi connectivity index (χ1) is 7.61. The number of anilines is 1. The van der Waals surface area contributed by atoms with Crippen LogP contribution in [0.15, 0.2) is 12.1 Å². The number of nitrogens with zero attached hydrogens (tertiary/aromatic N) is 2. The quantitative estimate of drug-likeness (QED) is 0.604. The van der Waals surface area contributed by atoms with Crippen molar-refractivity contribution in [3.63, 3.8) is 0 Å². The van der Waals surface area contributed by atoms with E-state index >= 15 is 0 Å². The Hall–Kier alpha value is -1.00. The van der Waals surface area contributed by atoms with E-state index in [2.05, 4.69) is 0 Å². The van der Waals surface area contributed by atoms with Crippen molar-refractivity contribution in [3.8, 4) is 0 Å². The van der Waals surface area contributed by atoms with Gasteiger partial charge < -0.3 is 4.90 Å². The normalized spacial score (nSPS) is 15.5. The Labute approximate surface area is 103 Å². The molecule has 0 radical (unpaired) electrons. The van der Waals surface area contributed by atoms with E-state index in [9.17, 15) is 10.1 Å². The summed E-state index contributed by atoms with van der Waals surface area (Å²) in [5.74, 6) is 0. The molecule has 1 heterocycles. The predicted octanol–water partition coefficient (Wildman–Crippen LogP) is 3.50. The third-order valence-electron chi connectivity index (χ3n) is 2.67. The summed E-state index contributed by atoms with van der Waals surface area (Å²) in [6.07, 6.45) is 2.13. The minimum absolute atomic E-state index is 0.0898. The van der Waals surface area contributed by atoms with E-state index in [0.717, 1.165) is 25.9 Å². The molecular weight excluding hydrogens is 251 g/mol. The number of benzene rings is 1. The second-order valence-electron chi connectivity index (χ2n) is 3.68. The van der Waals surface area contributed by atoms with Crippen LogP contribution in [0.4, 0.5) is 11.4 Å². The molecule has 0 spiro atoms. The summed E-state index contributed by atoms with van der Waals surface area (Å²) in [5, 5.41) is 11.4. The van der Waals surface area contributed by atoms with Crippen LogP contribution in [0.5, 0.6) is 0 Å². The van der Waals surface area contributed by atoms with Crippen LogP contribution < -0.4 is 4.90 Å². The highest BCUT2D eigenvalue weighted by Gasteiger charge is 2.24. The van der Waals surface area contributed by atoms with Crippen LogP contribution in [0.2, 0.25) is 10.0 Å². The largest absolute Gasteiger partial charge is 0.369 e. The fourth-order valence-corrected chi connectivity index (χ4v) is 2.58. The van der Waals surface area contributed by atoms with Gasteiger partial charge in [-0.2, -0.15) is 0 Å². The first-order valence-corrected chi connectivity index (χ1v) is 5.74. The molecule has 1 saturated heterocycles. The van der Waals surface area contributed by atoms with E-state index in [1.54, 1.807) is 0 Å². The molecule has 1 fully saturated rings. The first-order valence-electron chi connectivity index (χ1n) is 4.98. The van der Waals surface area contributed by atoms with Gasteiger partial charge in [-0.15, -0.1) is 0 Å². The maximum Gasteiger partial charge on any atom is 0.290 e. The van der Waals surface area contributed by atoms with Gasteiger partial charge in [-0.05, 0) is 18.9 Å². The third-order valence-corrected chi connectivity index (χ3v) is 3.34. The smallest absolute Gasteiger partial charge is 0.290 e. The second kappa shape index (κ2) is 4.47. The van der Waals surface area contributed by atoms with Crippen LogP contribution in [-0.4, -0.2) is 18.0 Å². The molecule has 6 heteroatoms. The van der Waals surface area contributed by atoms with E-state index < -0.39 is 4.92 Å². The van der Waals surface area contributed by atoms with E-state index in [0.29, 0.717) is 10.7 Å². The monoisotopic (exact) mass is 260 g/mol. The van der Waals surface area contributed by atoms with Crippen molar-refractivity contribution in [2.45, 2.75) is 12.8 Å². The van der Waals surface area contributed by atoms with Crippen LogP contribution >= 0.6 is 23.2 Å². The van der Waals surface area contributed by atoms with Gasteiger partial charge in [-0.25, -0.2) is 0 Å². The van der Waals surface area contributed by atoms with Crippen LogP contribution in [0.1, 0.15) is 12.8 Å². The third kappa shape index (κ3) is 1.95. The highest BCUT2D eigenvalue weighted by molar-refractivity contribution is 6.40. The summed E-state index contributed by atoms with van der Waals surface area (Å²) in [6.45, 7) is 1.70. The molecular formula is C10H10Cl2N2O2. The van der Waals surface area contributed by atoms with Crippen LogP contribution in [0.3, 0.4) is 0 Å². The number of hydrogen-bond acceptors (Lipinski definition) is 3. The molecule has 4 nitrogen and oxygen atoms in total. The lowest BCUT2D eigenvalue weighted by Gasteiger charge is -2.20. The van der Waals surface area contributed by atoms with E-state index in [-0.39, 0.29) is 10.7 Å². The Bertz CT molecular complexity index is 431. The Morgan fingerprint density at radius 1 is 1.25 bits per heavy atom. The van der Waals surface area contributed by atoms with Crippen LogP contribution in [0.25, 0.3) is 0 Å². The van der Waals surface area contributed by atoms with Crippen LogP contribution in [-0.2, 0) is 0 Å². The fraction of sp³-hybridized carbons (Fsp3) is 0.400. The minimum Gasteiger partial charge on any atom is -0.369 e. The number of nitro groups is 1. The summed E-state index contributed by atoms with van der Waals surface area (Å²) in [4.78, 5) is 12.3.